The molecule has 0 bridgehead atoms. The third-order valence-corrected chi connectivity index (χ3v) is 14.4. The van der Waals surface area contributed by atoms with Crippen LogP contribution in [0.2, 0.25) is 0 Å². The number of hydrogen-bond donors (Lipinski definition) is 0. The number of hydrogen-bond acceptors (Lipinski definition) is 8. The first-order chi connectivity index (χ1) is 36.6. The van der Waals surface area contributed by atoms with Crippen LogP contribution in [0.25, 0.3) is 0 Å². The molecule has 440 valence electrons. The van der Waals surface area contributed by atoms with Gasteiger partial charge in [0, 0.05) is 12.8 Å². The van der Waals surface area contributed by atoms with Crippen molar-refractivity contribution >= 4 is 17.9 Å². The number of carbonyl (C=O) groups is 3. The molecule has 0 aromatic rings. The summed E-state index contributed by atoms with van der Waals surface area (Å²) in [5, 5.41) is 11.8. The number of unbranched alkanes of at least 4 members (excludes halogenated alkanes) is 39. The smallest absolute Gasteiger partial charge is 0.306 e. The molecule has 9 heteroatoms. The van der Waals surface area contributed by atoms with E-state index >= 15 is 0 Å². The van der Waals surface area contributed by atoms with Gasteiger partial charge in [0.05, 0.1) is 40.3 Å². The number of rotatable bonds is 60. The summed E-state index contributed by atoms with van der Waals surface area (Å²) in [6.07, 6.45) is 67.9. The van der Waals surface area contributed by atoms with Crippen LogP contribution in [0.1, 0.15) is 309 Å². The summed E-state index contributed by atoms with van der Waals surface area (Å²) >= 11 is 0. The van der Waals surface area contributed by atoms with Crippen LogP contribution in [0.4, 0.5) is 0 Å². The third kappa shape index (κ3) is 59.0. The van der Waals surface area contributed by atoms with Crippen LogP contribution in [0, 0.1) is 0 Å². The number of carbonyl (C=O) groups excluding carboxylic acids is 3. The minimum atomic E-state index is -1.62. The highest BCUT2D eigenvalue weighted by atomic mass is 16.7. The van der Waals surface area contributed by atoms with Crippen molar-refractivity contribution in [1.29, 1.82) is 0 Å². The van der Waals surface area contributed by atoms with Gasteiger partial charge in [-0.15, -0.1) is 0 Å². The zero-order valence-electron chi connectivity index (χ0n) is 50.2. The predicted molar refractivity (Wildman–Crippen MR) is 316 cm³/mol. The molecule has 9 nitrogen and oxygen atoms in total. The van der Waals surface area contributed by atoms with Gasteiger partial charge in [0.25, 0.3) is 0 Å². The second-order valence-corrected chi connectivity index (χ2v) is 23.1. The normalized spacial score (nSPS) is 12.9. The van der Waals surface area contributed by atoms with E-state index in [2.05, 4.69) is 50.3 Å². The Morgan fingerprint density at radius 1 is 0.400 bits per heavy atom. The van der Waals surface area contributed by atoms with Crippen LogP contribution in [0.3, 0.4) is 0 Å². The van der Waals surface area contributed by atoms with E-state index in [1.54, 1.807) is 0 Å². The number of esters is 2. The van der Waals surface area contributed by atoms with Gasteiger partial charge >= 0.3 is 11.9 Å². The SMILES string of the molecule is CCCCC/C=C\C/C=C\C/C=C\CCCCCCCCC(=O)OC(COC(=O)CCCCCCCCCCCCCCCCCCCCCCCCCCCCCCCCC)COC(OCC[N+](C)(C)C)C(=O)[O-]. The largest absolute Gasteiger partial charge is 0.545 e. The molecule has 0 aliphatic carbocycles. The van der Waals surface area contributed by atoms with Crippen molar-refractivity contribution in [1.82, 2.24) is 0 Å². The fourth-order valence-corrected chi connectivity index (χ4v) is 9.43. The summed E-state index contributed by atoms with van der Waals surface area (Å²) in [6, 6.07) is 0. The Kier molecular flexibility index (Phi) is 55.8. The number of nitrogens with zero attached hydrogens (tertiary/aromatic N) is 1. The van der Waals surface area contributed by atoms with Gasteiger partial charge in [-0.1, -0.05) is 281 Å². The Labute approximate surface area is 464 Å². The number of aliphatic carboxylic acids is 1. The van der Waals surface area contributed by atoms with Gasteiger partial charge in [0.15, 0.2) is 12.4 Å². The van der Waals surface area contributed by atoms with Crippen LogP contribution in [0.15, 0.2) is 36.5 Å². The van der Waals surface area contributed by atoms with Gasteiger partial charge < -0.3 is 33.3 Å². The monoisotopic (exact) mass is 1060 g/mol. The van der Waals surface area contributed by atoms with Crippen LogP contribution >= 0.6 is 0 Å². The van der Waals surface area contributed by atoms with Crippen molar-refractivity contribution in [3.8, 4) is 0 Å². The molecule has 0 aliphatic rings. The molecule has 0 saturated carbocycles. The molecule has 0 heterocycles. The average molecular weight is 1060 g/mol. The summed E-state index contributed by atoms with van der Waals surface area (Å²) in [6.45, 7) is 4.75. The van der Waals surface area contributed by atoms with E-state index in [1.807, 2.05) is 21.1 Å². The maximum atomic E-state index is 12.9. The number of allylic oxidation sites excluding steroid dienone is 6. The minimum absolute atomic E-state index is 0.146. The number of quaternary nitrogens is 1. The lowest BCUT2D eigenvalue weighted by Gasteiger charge is -2.26. The van der Waals surface area contributed by atoms with Crippen molar-refractivity contribution in [3.05, 3.63) is 36.5 Å². The van der Waals surface area contributed by atoms with Crippen LogP contribution < -0.4 is 5.11 Å². The molecule has 2 unspecified atom stereocenters. The molecular formula is C66H123NO8. The van der Waals surface area contributed by atoms with Crippen molar-refractivity contribution in [2.24, 2.45) is 0 Å². The van der Waals surface area contributed by atoms with E-state index in [9.17, 15) is 19.5 Å². The summed E-state index contributed by atoms with van der Waals surface area (Å²) in [7, 11) is 5.93. The number of ether oxygens (including phenoxy) is 4. The van der Waals surface area contributed by atoms with E-state index in [0.29, 0.717) is 23.9 Å². The topological polar surface area (TPSA) is 111 Å². The lowest BCUT2D eigenvalue weighted by Crippen LogP contribution is -2.44. The number of carboxylic acid groups (broad SMARTS) is 1. The van der Waals surface area contributed by atoms with Gasteiger partial charge in [0.1, 0.15) is 13.2 Å². The third-order valence-electron chi connectivity index (χ3n) is 14.4. The first-order valence-electron chi connectivity index (χ1n) is 32.1. The molecule has 0 aliphatic heterocycles. The van der Waals surface area contributed by atoms with Gasteiger partial charge in [-0.25, -0.2) is 0 Å². The fourth-order valence-electron chi connectivity index (χ4n) is 9.43. The second kappa shape index (κ2) is 57.7. The molecule has 0 saturated heterocycles. The lowest BCUT2D eigenvalue weighted by molar-refractivity contribution is -0.870. The predicted octanol–water partition coefficient (Wildman–Crippen LogP) is 17.9. The highest BCUT2D eigenvalue weighted by Crippen LogP contribution is 2.18. The van der Waals surface area contributed by atoms with Crippen LogP contribution in [0.5, 0.6) is 0 Å². The first-order valence-corrected chi connectivity index (χ1v) is 32.1. The first kappa shape index (κ1) is 72.5. The maximum absolute atomic E-state index is 12.9. The Morgan fingerprint density at radius 2 is 0.720 bits per heavy atom. The van der Waals surface area contributed by atoms with Crippen LogP contribution in [-0.4, -0.2) is 82.3 Å². The number of carboxylic acids is 1. The number of likely N-dealkylation sites (N-methyl/N-ethyl adjacent to an activating group) is 1. The van der Waals surface area contributed by atoms with E-state index < -0.39 is 24.3 Å². The Balaban J connectivity index is 4.09. The van der Waals surface area contributed by atoms with Gasteiger partial charge in [-0.3, -0.25) is 9.59 Å². The molecule has 0 amide bonds. The molecular weight excluding hydrogens is 935 g/mol. The van der Waals surface area contributed by atoms with Crippen molar-refractivity contribution in [2.45, 2.75) is 322 Å². The standard InChI is InChI=1S/C66H123NO8/c1-6-8-10-12-14-16-18-20-22-24-26-27-28-29-30-31-32-33-34-35-36-37-39-40-42-44-46-48-50-52-54-56-63(68)73-60-62(61-74-66(65(70)71)72-59-58-67(3,4)5)75-64(69)57-55-53-51-49-47-45-43-41-38-25-23-21-19-17-15-13-11-9-7-2/h15,17,21,23,38,41,62,66H,6-14,16,18-20,22,24-37,39-40,42-61H2,1-5H3/b17-15-,23-21-,41-38-. The highest BCUT2D eigenvalue weighted by molar-refractivity contribution is 5.70. The lowest BCUT2D eigenvalue weighted by atomic mass is 10.0. The van der Waals surface area contributed by atoms with Crippen molar-refractivity contribution < 1.29 is 42.9 Å². The molecule has 0 fully saturated rings. The Morgan fingerprint density at radius 3 is 1.09 bits per heavy atom. The molecule has 0 radical (unpaired) electrons. The summed E-state index contributed by atoms with van der Waals surface area (Å²) in [5.74, 6) is -2.28. The average Bonchev–Trinajstić information content (AvgIpc) is 3.38. The highest BCUT2D eigenvalue weighted by Gasteiger charge is 2.22. The Hall–Kier alpha value is -2.49. The van der Waals surface area contributed by atoms with E-state index in [-0.39, 0.29) is 32.2 Å². The molecule has 0 aromatic heterocycles. The van der Waals surface area contributed by atoms with Gasteiger partial charge in [-0.2, -0.15) is 0 Å². The van der Waals surface area contributed by atoms with E-state index in [1.165, 1.54) is 205 Å². The molecule has 0 aromatic carbocycles. The van der Waals surface area contributed by atoms with E-state index in [4.69, 9.17) is 18.9 Å². The van der Waals surface area contributed by atoms with Gasteiger partial charge in [-0.05, 0) is 51.4 Å². The zero-order valence-corrected chi connectivity index (χ0v) is 50.2. The molecule has 0 rings (SSSR count). The second-order valence-electron chi connectivity index (χ2n) is 23.1. The van der Waals surface area contributed by atoms with Crippen molar-refractivity contribution in [2.75, 3.05) is 47.5 Å². The fraction of sp³-hybridized carbons (Fsp3) is 0.864. The molecule has 0 spiro atoms. The molecule has 2 atom stereocenters. The minimum Gasteiger partial charge on any atom is -0.545 e. The van der Waals surface area contributed by atoms with Crippen molar-refractivity contribution in [3.63, 3.8) is 0 Å². The Bertz CT molecular complexity index is 1320. The molecule has 75 heavy (non-hydrogen) atoms. The van der Waals surface area contributed by atoms with E-state index in [0.717, 1.165) is 70.6 Å². The van der Waals surface area contributed by atoms with Gasteiger partial charge in [0.2, 0.25) is 0 Å². The summed E-state index contributed by atoms with van der Waals surface area (Å²) in [5.41, 5.74) is 0. The molecule has 0 N–H and O–H groups in total. The summed E-state index contributed by atoms with van der Waals surface area (Å²) in [4.78, 5) is 37.3. The van der Waals surface area contributed by atoms with Crippen LogP contribution in [-0.2, 0) is 33.3 Å². The zero-order chi connectivity index (χ0) is 54.8. The quantitative estimate of drug-likeness (QED) is 0.0195. The summed E-state index contributed by atoms with van der Waals surface area (Å²) < 4.78 is 22.7. The maximum Gasteiger partial charge on any atom is 0.306 e.